The maximum atomic E-state index is 12.3. The fraction of sp³-hybridized carbons (Fsp3) is 0.389. The van der Waals surface area contributed by atoms with Gasteiger partial charge in [-0.1, -0.05) is 17.7 Å². The summed E-state index contributed by atoms with van der Waals surface area (Å²) in [6.07, 6.45) is 8.60. The van der Waals surface area contributed by atoms with Gasteiger partial charge < -0.3 is 5.32 Å². The van der Waals surface area contributed by atoms with Crippen LogP contribution >= 0.6 is 0 Å². The van der Waals surface area contributed by atoms with Gasteiger partial charge in [0.05, 0.1) is 5.69 Å². The molecule has 1 aliphatic carbocycles. The van der Waals surface area contributed by atoms with Crippen molar-refractivity contribution < 1.29 is 4.79 Å². The lowest BCUT2D eigenvalue weighted by atomic mass is 9.95. The number of aromatic nitrogens is 3. The number of allylic oxidation sites excluding steroid dienone is 1. The number of nitrogens with zero attached hydrogens (tertiary/aromatic N) is 3. The second-order valence-corrected chi connectivity index (χ2v) is 6.10. The summed E-state index contributed by atoms with van der Waals surface area (Å²) >= 11 is 0. The third kappa shape index (κ3) is 3.82. The molecule has 0 bridgehead atoms. The first-order valence-corrected chi connectivity index (χ1v) is 8.35. The molecule has 2 N–H and O–H groups in total. The van der Waals surface area contributed by atoms with Crippen molar-refractivity contribution in [1.82, 2.24) is 20.1 Å². The second-order valence-electron chi connectivity index (χ2n) is 6.10. The number of rotatable bonds is 4. The van der Waals surface area contributed by atoms with Crippen LogP contribution in [0.15, 0.2) is 42.1 Å². The van der Waals surface area contributed by atoms with Gasteiger partial charge in [0, 0.05) is 25.4 Å². The van der Waals surface area contributed by atoms with Crippen molar-refractivity contribution in [2.45, 2.75) is 38.6 Å². The number of amides is 2. The molecule has 24 heavy (non-hydrogen) atoms. The number of hydrogen-bond acceptors (Lipinski definition) is 3. The molecule has 1 unspecified atom stereocenters. The molecule has 0 fully saturated rings. The normalized spacial score (nSPS) is 15.5. The molecular formula is C18H23N5O. The Labute approximate surface area is 142 Å². The Hall–Kier alpha value is -2.63. The molecule has 1 aliphatic rings. The SMILES string of the molecule is CC(NC(=O)Nc1cc(-c2ccccn2)nn1C)C1=CCCCC1. The van der Waals surface area contributed by atoms with Crippen molar-refractivity contribution in [3.8, 4) is 11.4 Å². The van der Waals surface area contributed by atoms with Crippen molar-refractivity contribution in [2.75, 3.05) is 5.32 Å². The fourth-order valence-corrected chi connectivity index (χ4v) is 2.92. The van der Waals surface area contributed by atoms with E-state index in [2.05, 4.69) is 26.8 Å². The molecule has 6 nitrogen and oxygen atoms in total. The number of carbonyl (C=O) groups excluding carboxylic acids is 1. The maximum absolute atomic E-state index is 12.3. The molecule has 0 radical (unpaired) electrons. The Morgan fingerprint density at radius 3 is 2.88 bits per heavy atom. The summed E-state index contributed by atoms with van der Waals surface area (Å²) < 4.78 is 1.65. The zero-order chi connectivity index (χ0) is 16.9. The highest BCUT2D eigenvalue weighted by Crippen LogP contribution is 2.21. The molecular weight excluding hydrogens is 302 g/mol. The summed E-state index contributed by atoms with van der Waals surface area (Å²) in [5.41, 5.74) is 2.83. The van der Waals surface area contributed by atoms with E-state index >= 15 is 0 Å². The lowest BCUT2D eigenvalue weighted by Crippen LogP contribution is -2.38. The van der Waals surface area contributed by atoms with Crippen LogP contribution in [0, 0.1) is 0 Å². The molecule has 3 rings (SSSR count). The third-order valence-corrected chi connectivity index (χ3v) is 4.28. The van der Waals surface area contributed by atoms with Crippen LogP contribution in [0.25, 0.3) is 11.4 Å². The average Bonchev–Trinajstić information content (AvgIpc) is 2.97. The van der Waals surface area contributed by atoms with Gasteiger partial charge in [0.15, 0.2) is 0 Å². The maximum Gasteiger partial charge on any atom is 0.320 e. The van der Waals surface area contributed by atoms with Gasteiger partial charge in [-0.05, 0) is 44.7 Å². The average molecular weight is 325 g/mol. The predicted octanol–water partition coefficient (Wildman–Crippen LogP) is 3.49. The minimum Gasteiger partial charge on any atom is -0.332 e. The Morgan fingerprint density at radius 1 is 1.29 bits per heavy atom. The van der Waals surface area contributed by atoms with Gasteiger partial charge in [0.1, 0.15) is 11.5 Å². The summed E-state index contributed by atoms with van der Waals surface area (Å²) in [4.78, 5) is 16.5. The van der Waals surface area contributed by atoms with E-state index < -0.39 is 0 Å². The van der Waals surface area contributed by atoms with Crippen molar-refractivity contribution in [3.05, 3.63) is 42.1 Å². The number of carbonyl (C=O) groups is 1. The monoisotopic (exact) mass is 325 g/mol. The highest BCUT2D eigenvalue weighted by atomic mass is 16.2. The Bertz CT molecular complexity index is 735. The van der Waals surface area contributed by atoms with E-state index in [0.29, 0.717) is 5.82 Å². The summed E-state index contributed by atoms with van der Waals surface area (Å²) in [6, 6.07) is 7.32. The molecule has 0 aliphatic heterocycles. The summed E-state index contributed by atoms with van der Waals surface area (Å²) in [7, 11) is 1.80. The van der Waals surface area contributed by atoms with Gasteiger partial charge in [-0.2, -0.15) is 5.10 Å². The molecule has 0 saturated carbocycles. The lowest BCUT2D eigenvalue weighted by molar-refractivity contribution is 0.250. The van der Waals surface area contributed by atoms with E-state index in [-0.39, 0.29) is 12.1 Å². The number of aryl methyl sites for hydroxylation is 1. The van der Waals surface area contributed by atoms with Crippen LogP contribution in [0.2, 0.25) is 0 Å². The van der Waals surface area contributed by atoms with E-state index in [0.717, 1.165) is 24.2 Å². The van der Waals surface area contributed by atoms with Crippen molar-refractivity contribution in [3.63, 3.8) is 0 Å². The minimum atomic E-state index is -0.218. The summed E-state index contributed by atoms with van der Waals surface area (Å²) in [5, 5.41) is 10.3. The quantitative estimate of drug-likeness (QED) is 0.845. The molecule has 2 amide bonds. The predicted molar refractivity (Wildman–Crippen MR) is 94.6 cm³/mol. The first kappa shape index (κ1) is 16.2. The third-order valence-electron chi connectivity index (χ3n) is 4.28. The van der Waals surface area contributed by atoms with E-state index in [4.69, 9.17) is 0 Å². The number of nitrogens with one attached hydrogen (secondary N) is 2. The van der Waals surface area contributed by atoms with Crippen LogP contribution in [0.3, 0.4) is 0 Å². The Morgan fingerprint density at radius 2 is 2.17 bits per heavy atom. The molecule has 6 heteroatoms. The highest BCUT2D eigenvalue weighted by molar-refractivity contribution is 5.89. The summed E-state index contributed by atoms with van der Waals surface area (Å²) in [5.74, 6) is 0.637. The molecule has 1 atom stereocenters. The standard InChI is InChI=1S/C18H23N5O/c1-13(14-8-4-3-5-9-14)20-18(24)21-17-12-16(22-23(17)2)15-10-6-7-11-19-15/h6-8,10-13H,3-5,9H2,1-2H3,(H2,20,21,24). The van der Waals surface area contributed by atoms with Crippen molar-refractivity contribution in [1.29, 1.82) is 0 Å². The highest BCUT2D eigenvalue weighted by Gasteiger charge is 2.15. The van der Waals surface area contributed by atoms with Gasteiger partial charge in [0.2, 0.25) is 0 Å². The minimum absolute atomic E-state index is 0.0498. The molecule has 0 saturated heterocycles. The molecule has 2 heterocycles. The van der Waals surface area contributed by atoms with Crippen LogP contribution in [0.5, 0.6) is 0 Å². The van der Waals surface area contributed by atoms with Crippen molar-refractivity contribution in [2.24, 2.45) is 7.05 Å². The number of urea groups is 1. The molecule has 0 aromatic carbocycles. The smallest absolute Gasteiger partial charge is 0.320 e. The number of pyridine rings is 1. The van der Waals surface area contributed by atoms with Crippen LogP contribution in [-0.4, -0.2) is 26.8 Å². The topological polar surface area (TPSA) is 71.8 Å². The van der Waals surface area contributed by atoms with E-state index in [9.17, 15) is 4.79 Å². The molecule has 2 aromatic rings. The molecule has 2 aromatic heterocycles. The van der Waals surface area contributed by atoms with Crippen LogP contribution in [-0.2, 0) is 7.05 Å². The first-order valence-electron chi connectivity index (χ1n) is 8.35. The van der Waals surface area contributed by atoms with Crippen LogP contribution in [0.4, 0.5) is 10.6 Å². The molecule has 0 spiro atoms. The Kier molecular flexibility index (Phi) is 4.93. The van der Waals surface area contributed by atoms with Gasteiger partial charge in [-0.25, -0.2) is 4.79 Å². The van der Waals surface area contributed by atoms with Gasteiger partial charge in [-0.15, -0.1) is 0 Å². The van der Waals surface area contributed by atoms with Crippen molar-refractivity contribution >= 4 is 11.8 Å². The fourth-order valence-electron chi connectivity index (χ4n) is 2.92. The zero-order valence-corrected chi connectivity index (χ0v) is 14.1. The van der Waals surface area contributed by atoms with Gasteiger partial charge >= 0.3 is 6.03 Å². The van der Waals surface area contributed by atoms with E-state index in [1.165, 1.54) is 18.4 Å². The van der Waals surface area contributed by atoms with E-state index in [1.54, 1.807) is 17.9 Å². The largest absolute Gasteiger partial charge is 0.332 e. The number of anilines is 1. The number of hydrogen-bond donors (Lipinski definition) is 2. The zero-order valence-electron chi connectivity index (χ0n) is 14.1. The Balaban J connectivity index is 1.64. The lowest BCUT2D eigenvalue weighted by Gasteiger charge is -2.21. The van der Waals surface area contributed by atoms with Gasteiger partial charge in [-0.3, -0.25) is 15.0 Å². The van der Waals surface area contributed by atoms with Crippen LogP contribution in [0.1, 0.15) is 32.6 Å². The van der Waals surface area contributed by atoms with Gasteiger partial charge in [0.25, 0.3) is 0 Å². The van der Waals surface area contributed by atoms with Crippen LogP contribution < -0.4 is 10.6 Å². The summed E-state index contributed by atoms with van der Waals surface area (Å²) in [6.45, 7) is 2.03. The molecule has 126 valence electrons. The second kappa shape index (κ2) is 7.29. The van der Waals surface area contributed by atoms with E-state index in [1.807, 2.05) is 31.2 Å². The first-order chi connectivity index (χ1) is 11.6.